The number of halogens is 2. The molecule has 0 aliphatic carbocycles. The maximum absolute atomic E-state index is 13.8. The number of pyridine rings is 1. The van der Waals surface area contributed by atoms with Gasteiger partial charge in [0, 0.05) is 30.4 Å². The normalized spacial score (nSPS) is 11.6. The number of carbonyl (C=O) groups excluding carboxylic acids is 1. The van der Waals surface area contributed by atoms with Crippen LogP contribution in [0.4, 0.5) is 10.1 Å². The lowest BCUT2D eigenvalue weighted by molar-refractivity contribution is -0.116. The fourth-order valence-corrected chi connectivity index (χ4v) is 4.07. The molecule has 1 aromatic carbocycles. The molecule has 1 N–H and O–H groups in total. The third-order valence-electron chi connectivity index (χ3n) is 3.82. The largest absolute Gasteiger partial charge is 0.322 e. The van der Waals surface area contributed by atoms with Crippen LogP contribution in [-0.2, 0) is 21.4 Å². The zero-order valence-electron chi connectivity index (χ0n) is 14.8. The minimum atomic E-state index is -3.78. The number of rotatable bonds is 7. The lowest BCUT2D eigenvalue weighted by Crippen LogP contribution is -2.33. The van der Waals surface area contributed by atoms with Crippen molar-refractivity contribution in [2.24, 2.45) is 0 Å². The summed E-state index contributed by atoms with van der Waals surface area (Å²) < 4.78 is 41.1. The monoisotopic (exact) mass is 415 g/mol. The molecule has 27 heavy (non-hydrogen) atoms. The molecule has 0 aliphatic heterocycles. The van der Waals surface area contributed by atoms with Gasteiger partial charge in [-0.15, -0.1) is 0 Å². The van der Waals surface area contributed by atoms with Crippen molar-refractivity contribution in [3.63, 3.8) is 0 Å². The van der Waals surface area contributed by atoms with Crippen molar-refractivity contribution in [3.05, 3.63) is 57.7 Å². The van der Waals surface area contributed by atoms with Crippen molar-refractivity contribution < 1.29 is 17.6 Å². The van der Waals surface area contributed by atoms with Gasteiger partial charge in [-0.3, -0.25) is 9.59 Å². The van der Waals surface area contributed by atoms with Gasteiger partial charge in [0.25, 0.3) is 5.56 Å². The minimum absolute atomic E-state index is 0.0932. The van der Waals surface area contributed by atoms with Gasteiger partial charge in [-0.05, 0) is 24.3 Å². The van der Waals surface area contributed by atoms with Crippen LogP contribution in [0.3, 0.4) is 0 Å². The Hall–Kier alpha value is -2.23. The number of nitrogens with zero attached hydrogens (tertiary/aromatic N) is 2. The highest BCUT2D eigenvalue weighted by atomic mass is 35.5. The Morgan fingerprint density at radius 2 is 1.89 bits per heavy atom. The van der Waals surface area contributed by atoms with Gasteiger partial charge in [-0.25, -0.2) is 12.8 Å². The summed E-state index contributed by atoms with van der Waals surface area (Å²) in [6.45, 7) is 3.47. The molecular formula is C17H19ClFN3O4S. The summed E-state index contributed by atoms with van der Waals surface area (Å²) in [5.41, 5.74) is -0.649. The molecule has 0 saturated heterocycles. The van der Waals surface area contributed by atoms with Crippen molar-refractivity contribution in [3.8, 4) is 0 Å². The first-order valence-electron chi connectivity index (χ1n) is 8.14. The van der Waals surface area contributed by atoms with Crippen LogP contribution in [0, 0.1) is 5.82 Å². The van der Waals surface area contributed by atoms with Gasteiger partial charge in [-0.2, -0.15) is 4.31 Å². The molecule has 1 amide bonds. The number of benzene rings is 1. The van der Waals surface area contributed by atoms with Gasteiger partial charge in [0.2, 0.25) is 15.9 Å². The average Bonchev–Trinajstić information content (AvgIpc) is 2.60. The van der Waals surface area contributed by atoms with Gasteiger partial charge in [0.1, 0.15) is 12.4 Å². The van der Waals surface area contributed by atoms with E-state index in [1.165, 1.54) is 22.5 Å². The van der Waals surface area contributed by atoms with Gasteiger partial charge in [-0.1, -0.05) is 25.4 Å². The zero-order chi connectivity index (χ0) is 20.2. The summed E-state index contributed by atoms with van der Waals surface area (Å²) in [5, 5.41) is 2.50. The fourth-order valence-electron chi connectivity index (χ4n) is 2.43. The average molecular weight is 416 g/mol. The summed E-state index contributed by atoms with van der Waals surface area (Å²) in [6, 6.07) is 6.01. The maximum atomic E-state index is 13.8. The van der Waals surface area contributed by atoms with E-state index in [4.69, 9.17) is 11.6 Å². The first-order valence-corrected chi connectivity index (χ1v) is 9.96. The predicted molar refractivity (Wildman–Crippen MR) is 101 cm³/mol. The Bertz CT molecular complexity index is 1000. The van der Waals surface area contributed by atoms with E-state index in [1.807, 2.05) is 0 Å². The Morgan fingerprint density at radius 1 is 1.22 bits per heavy atom. The van der Waals surface area contributed by atoms with Crippen LogP contribution >= 0.6 is 11.6 Å². The van der Waals surface area contributed by atoms with Crippen LogP contribution < -0.4 is 10.9 Å². The van der Waals surface area contributed by atoms with Crippen molar-refractivity contribution in [2.75, 3.05) is 18.4 Å². The van der Waals surface area contributed by atoms with Crippen LogP contribution in [0.2, 0.25) is 5.02 Å². The molecule has 0 atom stereocenters. The molecule has 1 heterocycles. The second kappa shape index (κ2) is 8.64. The number of carbonyl (C=O) groups is 1. The topological polar surface area (TPSA) is 88.5 Å². The Kier molecular flexibility index (Phi) is 6.74. The van der Waals surface area contributed by atoms with Crippen LogP contribution in [-0.4, -0.2) is 36.3 Å². The minimum Gasteiger partial charge on any atom is -0.322 e. The van der Waals surface area contributed by atoms with Gasteiger partial charge in [0.05, 0.1) is 10.6 Å². The summed E-state index contributed by atoms with van der Waals surface area (Å²) >= 11 is 5.65. The lowest BCUT2D eigenvalue weighted by Gasteiger charge is -2.19. The molecule has 0 unspecified atom stereocenters. The highest BCUT2D eigenvalue weighted by Gasteiger charge is 2.22. The van der Waals surface area contributed by atoms with Gasteiger partial charge in [0.15, 0.2) is 0 Å². The molecule has 0 fully saturated rings. The Morgan fingerprint density at radius 3 is 2.48 bits per heavy atom. The van der Waals surface area contributed by atoms with Gasteiger partial charge < -0.3 is 9.88 Å². The summed E-state index contributed by atoms with van der Waals surface area (Å²) in [7, 11) is -3.78. The van der Waals surface area contributed by atoms with Crippen molar-refractivity contribution in [1.82, 2.24) is 8.87 Å². The number of aromatic nitrogens is 1. The summed E-state index contributed by atoms with van der Waals surface area (Å²) in [4.78, 5) is 24.0. The molecule has 0 saturated carbocycles. The second-order valence-corrected chi connectivity index (χ2v) is 7.97. The van der Waals surface area contributed by atoms with Crippen LogP contribution in [0.25, 0.3) is 0 Å². The van der Waals surface area contributed by atoms with E-state index >= 15 is 0 Å². The maximum Gasteiger partial charge on any atom is 0.251 e. The van der Waals surface area contributed by atoms with E-state index in [-0.39, 0.29) is 28.7 Å². The first-order chi connectivity index (χ1) is 12.7. The van der Waals surface area contributed by atoms with E-state index in [1.54, 1.807) is 13.8 Å². The molecule has 2 rings (SSSR count). The third-order valence-corrected chi connectivity index (χ3v) is 6.09. The molecule has 2 aromatic rings. The highest BCUT2D eigenvalue weighted by Crippen LogP contribution is 2.19. The standard InChI is InChI=1S/C17H19ClFN3O4S/c1-3-22(4-2)27(25,26)13-6-8-17(24)21(10-13)11-16(23)20-15-7-5-12(18)9-14(15)19/h5-10H,3-4,11H2,1-2H3,(H,20,23). The van der Waals surface area contributed by atoms with Crippen LogP contribution in [0.15, 0.2) is 46.2 Å². The first kappa shape index (κ1) is 21.1. The molecule has 10 heteroatoms. The van der Waals surface area contributed by atoms with Crippen LogP contribution in [0.1, 0.15) is 13.8 Å². The molecule has 1 aromatic heterocycles. The van der Waals surface area contributed by atoms with Crippen molar-refractivity contribution in [1.29, 1.82) is 0 Å². The van der Waals surface area contributed by atoms with E-state index in [9.17, 15) is 22.4 Å². The SMILES string of the molecule is CCN(CC)S(=O)(=O)c1ccc(=O)n(CC(=O)Nc2ccc(Cl)cc2F)c1. The van der Waals surface area contributed by atoms with E-state index in [0.717, 1.165) is 22.9 Å². The molecule has 7 nitrogen and oxygen atoms in total. The predicted octanol–water partition coefficient (Wildman–Crippen LogP) is 2.31. The van der Waals surface area contributed by atoms with E-state index in [0.29, 0.717) is 0 Å². The number of sulfonamides is 1. The fraction of sp³-hybridized carbons (Fsp3) is 0.294. The number of hydrogen-bond donors (Lipinski definition) is 1. The summed E-state index contributed by atoms with van der Waals surface area (Å²) in [6.07, 6.45) is 1.10. The molecule has 0 spiro atoms. The van der Waals surface area contributed by atoms with Crippen LogP contribution in [0.5, 0.6) is 0 Å². The quantitative estimate of drug-likeness (QED) is 0.751. The number of nitrogens with one attached hydrogen (secondary N) is 1. The molecular weight excluding hydrogens is 397 g/mol. The smallest absolute Gasteiger partial charge is 0.251 e. The van der Waals surface area contributed by atoms with Crippen molar-refractivity contribution >= 4 is 33.2 Å². The molecule has 0 radical (unpaired) electrons. The lowest BCUT2D eigenvalue weighted by atomic mass is 10.3. The number of amides is 1. The second-order valence-electron chi connectivity index (χ2n) is 5.59. The molecule has 0 bridgehead atoms. The van der Waals surface area contributed by atoms with Crippen molar-refractivity contribution in [2.45, 2.75) is 25.3 Å². The zero-order valence-corrected chi connectivity index (χ0v) is 16.3. The Balaban J connectivity index is 2.26. The molecule has 146 valence electrons. The third kappa shape index (κ3) is 4.94. The van der Waals surface area contributed by atoms with E-state index in [2.05, 4.69) is 5.32 Å². The number of hydrogen-bond acceptors (Lipinski definition) is 4. The summed E-state index contributed by atoms with van der Waals surface area (Å²) in [5.74, 6) is -1.41. The van der Waals surface area contributed by atoms with E-state index < -0.39 is 33.9 Å². The van der Waals surface area contributed by atoms with Gasteiger partial charge >= 0.3 is 0 Å². The molecule has 0 aliphatic rings. The highest BCUT2D eigenvalue weighted by molar-refractivity contribution is 7.89. The Labute approximate surface area is 161 Å². The number of anilines is 1.